The summed E-state index contributed by atoms with van der Waals surface area (Å²) >= 11 is 0. The van der Waals surface area contributed by atoms with Crippen molar-refractivity contribution < 1.29 is 4.79 Å². The van der Waals surface area contributed by atoms with E-state index in [1.54, 1.807) is 0 Å². The number of carbonyl (C=O) groups excluding carboxylic acids is 1. The number of hydrogen-bond donors (Lipinski definition) is 0. The van der Waals surface area contributed by atoms with Crippen LogP contribution in [0.5, 0.6) is 0 Å². The third-order valence-electron chi connectivity index (χ3n) is 4.81. The molecule has 3 atom stereocenters. The summed E-state index contributed by atoms with van der Waals surface area (Å²) in [5.74, 6) is 1.29. The fourth-order valence-electron chi connectivity index (χ4n) is 3.36. The van der Waals surface area contributed by atoms with Crippen LogP contribution in [0.3, 0.4) is 0 Å². The van der Waals surface area contributed by atoms with Crippen LogP contribution < -0.4 is 0 Å². The van der Waals surface area contributed by atoms with Gasteiger partial charge in [-0.05, 0) is 37.1 Å². The zero-order chi connectivity index (χ0) is 11.1. The molecule has 1 heterocycles. The minimum Gasteiger partial charge on any atom is -0.298 e. The van der Waals surface area contributed by atoms with Crippen LogP contribution in [0.25, 0.3) is 0 Å². The summed E-state index contributed by atoms with van der Waals surface area (Å²) in [6.45, 7) is 8.73. The molecule has 0 aromatic rings. The molecular weight excluding hydrogens is 186 g/mol. The van der Waals surface area contributed by atoms with E-state index >= 15 is 0 Å². The van der Waals surface area contributed by atoms with Crippen LogP contribution in [-0.2, 0) is 4.79 Å². The second-order valence-corrected chi connectivity index (χ2v) is 5.40. The molecule has 1 saturated heterocycles. The standard InChI is InChI=1S/C13H23NO/c1-4-12(15)11-8-13(7-6-10(13)3)9-14(11)5-2/h10-11H,4-9H2,1-3H3/t10?,11-,13?/m0/s1. The Morgan fingerprint density at radius 1 is 1.47 bits per heavy atom. The summed E-state index contributed by atoms with van der Waals surface area (Å²) < 4.78 is 0. The zero-order valence-corrected chi connectivity index (χ0v) is 10.3. The van der Waals surface area contributed by atoms with Crippen molar-refractivity contribution in [3.8, 4) is 0 Å². The van der Waals surface area contributed by atoms with Gasteiger partial charge in [-0.2, -0.15) is 0 Å². The second kappa shape index (κ2) is 3.89. The molecule has 2 nitrogen and oxygen atoms in total. The number of Topliss-reactive ketones (excluding diaryl/α,β-unsaturated/α-hetero) is 1. The van der Waals surface area contributed by atoms with Crippen molar-refractivity contribution in [3.63, 3.8) is 0 Å². The number of likely N-dealkylation sites (tertiary alicyclic amines) is 1. The Morgan fingerprint density at radius 2 is 2.20 bits per heavy atom. The molecule has 15 heavy (non-hydrogen) atoms. The molecule has 1 saturated carbocycles. The number of carbonyl (C=O) groups is 1. The lowest BCUT2D eigenvalue weighted by Crippen LogP contribution is -2.40. The number of ketones is 1. The molecule has 0 amide bonds. The van der Waals surface area contributed by atoms with Gasteiger partial charge in [0.1, 0.15) is 5.78 Å². The number of rotatable bonds is 3. The summed E-state index contributed by atoms with van der Waals surface area (Å²) in [7, 11) is 0. The van der Waals surface area contributed by atoms with Gasteiger partial charge < -0.3 is 0 Å². The Hall–Kier alpha value is -0.370. The maximum absolute atomic E-state index is 11.9. The monoisotopic (exact) mass is 209 g/mol. The molecule has 2 aliphatic rings. The van der Waals surface area contributed by atoms with Gasteiger partial charge in [-0.25, -0.2) is 0 Å². The maximum atomic E-state index is 11.9. The highest BCUT2D eigenvalue weighted by atomic mass is 16.1. The van der Waals surface area contributed by atoms with Crippen LogP contribution in [0.15, 0.2) is 0 Å². The normalized spacial score (nSPS) is 40.7. The summed E-state index contributed by atoms with van der Waals surface area (Å²) in [5, 5.41) is 0. The van der Waals surface area contributed by atoms with Gasteiger partial charge in [0.25, 0.3) is 0 Å². The Kier molecular flexibility index (Phi) is 2.89. The minimum absolute atomic E-state index is 0.239. The van der Waals surface area contributed by atoms with Crippen molar-refractivity contribution in [2.24, 2.45) is 11.3 Å². The highest BCUT2D eigenvalue weighted by Crippen LogP contribution is 2.54. The number of nitrogens with zero attached hydrogens (tertiary/aromatic N) is 1. The van der Waals surface area contributed by atoms with Crippen LogP contribution in [0, 0.1) is 11.3 Å². The minimum atomic E-state index is 0.239. The number of hydrogen-bond acceptors (Lipinski definition) is 2. The van der Waals surface area contributed by atoms with Gasteiger partial charge in [0.15, 0.2) is 0 Å². The molecule has 2 unspecified atom stereocenters. The van der Waals surface area contributed by atoms with Crippen LogP contribution in [-0.4, -0.2) is 29.8 Å². The molecule has 0 bridgehead atoms. The van der Waals surface area contributed by atoms with Gasteiger partial charge in [0, 0.05) is 13.0 Å². The molecule has 2 heteroatoms. The van der Waals surface area contributed by atoms with E-state index in [4.69, 9.17) is 0 Å². The average Bonchev–Trinajstić information content (AvgIpc) is 2.68. The first kappa shape index (κ1) is 11.1. The Balaban J connectivity index is 2.10. The first-order valence-electron chi connectivity index (χ1n) is 6.39. The molecular formula is C13H23NO. The Bertz CT molecular complexity index is 263. The van der Waals surface area contributed by atoms with Crippen molar-refractivity contribution in [1.29, 1.82) is 0 Å². The zero-order valence-electron chi connectivity index (χ0n) is 10.3. The summed E-state index contributed by atoms with van der Waals surface area (Å²) in [6.07, 6.45) is 4.54. The largest absolute Gasteiger partial charge is 0.298 e. The van der Waals surface area contributed by atoms with E-state index in [2.05, 4.69) is 18.7 Å². The molecule has 0 aromatic heterocycles. The van der Waals surface area contributed by atoms with Gasteiger partial charge in [0.05, 0.1) is 6.04 Å². The maximum Gasteiger partial charge on any atom is 0.149 e. The fourth-order valence-corrected chi connectivity index (χ4v) is 3.36. The topological polar surface area (TPSA) is 20.3 Å². The second-order valence-electron chi connectivity index (χ2n) is 5.40. The first-order chi connectivity index (χ1) is 7.13. The van der Waals surface area contributed by atoms with E-state index in [1.807, 2.05) is 6.92 Å². The van der Waals surface area contributed by atoms with Crippen molar-refractivity contribution in [3.05, 3.63) is 0 Å². The average molecular weight is 209 g/mol. The molecule has 0 aromatic carbocycles. The van der Waals surface area contributed by atoms with Crippen molar-refractivity contribution in [1.82, 2.24) is 4.90 Å². The van der Waals surface area contributed by atoms with E-state index in [0.717, 1.165) is 18.9 Å². The first-order valence-corrected chi connectivity index (χ1v) is 6.39. The lowest BCUT2D eigenvalue weighted by Gasteiger charge is -2.45. The Morgan fingerprint density at radius 3 is 2.60 bits per heavy atom. The molecule has 1 aliphatic carbocycles. The fraction of sp³-hybridized carbons (Fsp3) is 0.923. The highest BCUT2D eigenvalue weighted by molar-refractivity contribution is 5.84. The molecule has 2 rings (SSSR count). The van der Waals surface area contributed by atoms with Crippen molar-refractivity contribution in [2.75, 3.05) is 13.1 Å². The molecule has 1 aliphatic heterocycles. The van der Waals surface area contributed by atoms with Crippen molar-refractivity contribution in [2.45, 2.75) is 52.5 Å². The summed E-state index contributed by atoms with van der Waals surface area (Å²) in [4.78, 5) is 14.3. The predicted molar refractivity (Wildman–Crippen MR) is 61.8 cm³/mol. The highest BCUT2D eigenvalue weighted by Gasteiger charge is 2.52. The smallest absolute Gasteiger partial charge is 0.149 e. The summed E-state index contributed by atoms with van der Waals surface area (Å²) in [6, 6.07) is 0.239. The van der Waals surface area contributed by atoms with E-state index in [1.165, 1.54) is 19.4 Å². The lowest BCUT2D eigenvalue weighted by atomic mass is 9.60. The van der Waals surface area contributed by atoms with Crippen LogP contribution in [0.4, 0.5) is 0 Å². The van der Waals surface area contributed by atoms with Crippen LogP contribution in [0.1, 0.15) is 46.5 Å². The van der Waals surface area contributed by atoms with Crippen molar-refractivity contribution >= 4 is 5.78 Å². The van der Waals surface area contributed by atoms with Crippen LogP contribution >= 0.6 is 0 Å². The van der Waals surface area contributed by atoms with E-state index < -0.39 is 0 Å². The Labute approximate surface area is 93.0 Å². The third-order valence-corrected chi connectivity index (χ3v) is 4.81. The van der Waals surface area contributed by atoms with Gasteiger partial charge in [-0.3, -0.25) is 9.69 Å². The molecule has 86 valence electrons. The van der Waals surface area contributed by atoms with E-state index in [-0.39, 0.29) is 6.04 Å². The quantitative estimate of drug-likeness (QED) is 0.711. The molecule has 0 radical (unpaired) electrons. The van der Waals surface area contributed by atoms with Gasteiger partial charge >= 0.3 is 0 Å². The van der Waals surface area contributed by atoms with Gasteiger partial charge in [0.2, 0.25) is 0 Å². The number of likely N-dealkylation sites (N-methyl/N-ethyl adjacent to an activating group) is 1. The molecule has 1 spiro atoms. The van der Waals surface area contributed by atoms with E-state index in [9.17, 15) is 4.79 Å². The summed E-state index contributed by atoms with van der Waals surface area (Å²) in [5.41, 5.74) is 0.505. The van der Waals surface area contributed by atoms with E-state index in [0.29, 0.717) is 17.6 Å². The SMILES string of the molecule is CCC(=O)[C@@H]1CC2(CCC2C)CN1CC. The van der Waals surface area contributed by atoms with Gasteiger partial charge in [-0.15, -0.1) is 0 Å². The molecule has 0 N–H and O–H groups in total. The van der Waals surface area contributed by atoms with Gasteiger partial charge in [-0.1, -0.05) is 20.8 Å². The third kappa shape index (κ3) is 1.63. The molecule has 2 fully saturated rings. The lowest BCUT2D eigenvalue weighted by molar-refractivity contribution is -0.123. The predicted octanol–water partition coefficient (Wildman–Crippen LogP) is 2.48. The van der Waals surface area contributed by atoms with Crippen LogP contribution in [0.2, 0.25) is 0 Å².